The van der Waals surface area contributed by atoms with Crippen LogP contribution in [-0.2, 0) is 14.4 Å². The van der Waals surface area contributed by atoms with Crippen LogP contribution in [0.2, 0.25) is 0 Å². The smallest absolute Gasteiger partial charge is 0.232 e. The summed E-state index contributed by atoms with van der Waals surface area (Å²) in [4.78, 5) is 34.3. The summed E-state index contributed by atoms with van der Waals surface area (Å²) in [7, 11) is 0. The van der Waals surface area contributed by atoms with Crippen molar-refractivity contribution in [3.8, 4) is 0 Å². The van der Waals surface area contributed by atoms with E-state index in [0.29, 0.717) is 18.7 Å². The topological polar surface area (TPSA) is 66.5 Å². The first-order valence-electron chi connectivity index (χ1n) is 5.25. The number of amides is 2. The molecule has 88 valence electrons. The van der Waals surface area contributed by atoms with Crippen LogP contribution in [0, 0.1) is 5.92 Å². The van der Waals surface area contributed by atoms with Crippen LogP contribution in [0.25, 0.3) is 0 Å². The van der Waals surface area contributed by atoms with Gasteiger partial charge >= 0.3 is 0 Å². The van der Waals surface area contributed by atoms with Crippen molar-refractivity contribution in [2.45, 2.75) is 19.8 Å². The molecule has 1 unspecified atom stereocenters. The Kier molecular flexibility index (Phi) is 4.22. The average Bonchev–Trinajstić information content (AvgIpc) is 2.46. The summed E-state index contributed by atoms with van der Waals surface area (Å²) in [6.45, 7) is 6.13. The van der Waals surface area contributed by atoms with Crippen LogP contribution in [0.15, 0.2) is 12.3 Å². The molecule has 16 heavy (non-hydrogen) atoms. The number of nitrogens with one attached hydrogen (secondary N) is 1. The molecule has 5 heteroatoms. The molecule has 2 amide bonds. The van der Waals surface area contributed by atoms with Crippen LogP contribution >= 0.6 is 0 Å². The SMILES string of the molecule is C=C(CN1C(=O)CC(C)C1=O)NCCC=O. The van der Waals surface area contributed by atoms with Gasteiger partial charge in [-0.05, 0) is 0 Å². The number of nitrogens with zero attached hydrogens (tertiary/aromatic N) is 1. The largest absolute Gasteiger partial charge is 0.387 e. The van der Waals surface area contributed by atoms with Gasteiger partial charge < -0.3 is 10.1 Å². The van der Waals surface area contributed by atoms with Crippen LogP contribution < -0.4 is 5.32 Å². The van der Waals surface area contributed by atoms with E-state index in [0.717, 1.165) is 6.29 Å². The van der Waals surface area contributed by atoms with Gasteiger partial charge in [0.05, 0.1) is 6.54 Å². The third kappa shape index (κ3) is 2.92. The molecule has 0 spiro atoms. The first-order valence-corrected chi connectivity index (χ1v) is 5.25. The normalized spacial score (nSPS) is 20.1. The molecule has 5 nitrogen and oxygen atoms in total. The van der Waals surface area contributed by atoms with Crippen LogP contribution in [0.4, 0.5) is 0 Å². The molecule has 1 N–H and O–H groups in total. The van der Waals surface area contributed by atoms with Gasteiger partial charge in [-0.3, -0.25) is 14.5 Å². The van der Waals surface area contributed by atoms with Crippen molar-refractivity contribution in [3.63, 3.8) is 0 Å². The Morgan fingerprint density at radius 2 is 2.31 bits per heavy atom. The van der Waals surface area contributed by atoms with E-state index in [1.165, 1.54) is 4.90 Å². The van der Waals surface area contributed by atoms with Gasteiger partial charge in [0, 0.05) is 31.0 Å². The molecule has 1 fully saturated rings. The fourth-order valence-corrected chi connectivity index (χ4v) is 1.57. The summed E-state index contributed by atoms with van der Waals surface area (Å²) < 4.78 is 0. The first kappa shape index (κ1) is 12.4. The number of imide groups is 1. The van der Waals surface area contributed by atoms with Gasteiger partial charge in [0.2, 0.25) is 11.8 Å². The highest BCUT2D eigenvalue weighted by molar-refractivity contribution is 6.03. The van der Waals surface area contributed by atoms with Crippen molar-refractivity contribution < 1.29 is 14.4 Å². The van der Waals surface area contributed by atoms with Crippen molar-refractivity contribution in [2.75, 3.05) is 13.1 Å². The fourth-order valence-electron chi connectivity index (χ4n) is 1.57. The summed E-state index contributed by atoms with van der Waals surface area (Å²) in [5.41, 5.74) is 0.581. The number of hydrogen-bond donors (Lipinski definition) is 1. The number of aldehydes is 1. The van der Waals surface area contributed by atoms with Gasteiger partial charge in [0.15, 0.2) is 0 Å². The highest BCUT2D eigenvalue weighted by Gasteiger charge is 2.35. The molecule has 1 aliphatic heterocycles. The van der Waals surface area contributed by atoms with Crippen molar-refractivity contribution in [2.24, 2.45) is 5.92 Å². The number of likely N-dealkylation sites (tertiary alicyclic amines) is 1. The zero-order valence-electron chi connectivity index (χ0n) is 9.36. The summed E-state index contributed by atoms with van der Waals surface area (Å²) in [6.07, 6.45) is 1.46. The Morgan fingerprint density at radius 1 is 1.62 bits per heavy atom. The van der Waals surface area contributed by atoms with Crippen LogP contribution in [0.3, 0.4) is 0 Å². The van der Waals surface area contributed by atoms with E-state index in [4.69, 9.17) is 0 Å². The minimum atomic E-state index is -0.227. The Labute approximate surface area is 94.5 Å². The third-order valence-corrected chi connectivity index (χ3v) is 2.46. The van der Waals surface area contributed by atoms with E-state index < -0.39 is 0 Å². The number of carbonyl (C=O) groups is 3. The van der Waals surface area contributed by atoms with Crippen LogP contribution in [0.5, 0.6) is 0 Å². The van der Waals surface area contributed by atoms with Gasteiger partial charge in [-0.1, -0.05) is 13.5 Å². The molecule has 1 heterocycles. The predicted molar refractivity (Wildman–Crippen MR) is 58.3 cm³/mol. The zero-order chi connectivity index (χ0) is 12.1. The van der Waals surface area contributed by atoms with Crippen molar-refractivity contribution in [1.82, 2.24) is 10.2 Å². The van der Waals surface area contributed by atoms with Crippen LogP contribution in [-0.4, -0.2) is 36.1 Å². The number of carbonyl (C=O) groups excluding carboxylic acids is 3. The molecule has 0 aromatic carbocycles. The Balaban J connectivity index is 2.41. The number of hydrogen-bond acceptors (Lipinski definition) is 4. The van der Waals surface area contributed by atoms with Gasteiger partial charge in [0.1, 0.15) is 6.29 Å². The standard InChI is InChI=1S/C11H16N2O3/c1-8-6-10(15)13(11(8)16)7-9(2)12-4-3-5-14/h5,8,12H,2-4,6-7H2,1H3. The Morgan fingerprint density at radius 3 is 2.81 bits per heavy atom. The lowest BCUT2D eigenvalue weighted by molar-refractivity contribution is -0.138. The molecule has 0 aromatic heterocycles. The second-order valence-corrected chi connectivity index (χ2v) is 3.91. The second-order valence-electron chi connectivity index (χ2n) is 3.91. The van der Waals surface area contributed by atoms with Crippen molar-refractivity contribution >= 4 is 18.1 Å². The average molecular weight is 224 g/mol. The van der Waals surface area contributed by atoms with Crippen molar-refractivity contribution in [1.29, 1.82) is 0 Å². The molecule has 1 saturated heterocycles. The van der Waals surface area contributed by atoms with Gasteiger partial charge in [-0.15, -0.1) is 0 Å². The molecular formula is C11H16N2O3. The van der Waals surface area contributed by atoms with Gasteiger partial charge in [0.25, 0.3) is 0 Å². The Hall–Kier alpha value is -1.65. The van der Waals surface area contributed by atoms with Gasteiger partial charge in [-0.25, -0.2) is 0 Å². The molecule has 1 rings (SSSR count). The molecule has 1 atom stereocenters. The Bertz CT molecular complexity index is 325. The monoisotopic (exact) mass is 224 g/mol. The molecule has 0 radical (unpaired) electrons. The maximum Gasteiger partial charge on any atom is 0.232 e. The van der Waals surface area contributed by atoms with E-state index in [1.54, 1.807) is 6.92 Å². The molecule has 0 bridgehead atoms. The summed E-state index contributed by atoms with van der Waals surface area (Å²) >= 11 is 0. The van der Waals surface area contributed by atoms with E-state index in [-0.39, 0.29) is 30.7 Å². The maximum atomic E-state index is 11.6. The van der Waals surface area contributed by atoms with E-state index in [2.05, 4.69) is 11.9 Å². The predicted octanol–water partition coefficient (Wildman–Crippen LogP) is 0.0737. The summed E-state index contributed by atoms with van der Waals surface area (Å²) in [6, 6.07) is 0. The summed E-state index contributed by atoms with van der Waals surface area (Å²) in [5.74, 6) is -0.533. The van der Waals surface area contributed by atoms with E-state index in [1.807, 2.05) is 0 Å². The fraction of sp³-hybridized carbons (Fsp3) is 0.545. The molecule has 0 aromatic rings. The lowest BCUT2D eigenvalue weighted by atomic mass is 10.1. The molecule has 1 aliphatic rings. The highest BCUT2D eigenvalue weighted by atomic mass is 16.2. The number of rotatable bonds is 6. The molecule has 0 saturated carbocycles. The third-order valence-electron chi connectivity index (χ3n) is 2.46. The molecular weight excluding hydrogens is 208 g/mol. The molecule has 0 aliphatic carbocycles. The quantitative estimate of drug-likeness (QED) is 0.394. The summed E-state index contributed by atoms with van der Waals surface area (Å²) in [5, 5.41) is 2.89. The minimum absolute atomic E-state index is 0.150. The lowest BCUT2D eigenvalue weighted by Crippen LogP contribution is -2.35. The lowest BCUT2D eigenvalue weighted by Gasteiger charge is -2.16. The maximum absolute atomic E-state index is 11.6. The minimum Gasteiger partial charge on any atom is -0.387 e. The highest BCUT2D eigenvalue weighted by Crippen LogP contribution is 2.18. The van der Waals surface area contributed by atoms with E-state index >= 15 is 0 Å². The van der Waals surface area contributed by atoms with Crippen LogP contribution in [0.1, 0.15) is 19.8 Å². The zero-order valence-corrected chi connectivity index (χ0v) is 9.36. The van der Waals surface area contributed by atoms with Gasteiger partial charge in [-0.2, -0.15) is 0 Å². The first-order chi connectivity index (χ1) is 7.56. The second kappa shape index (κ2) is 5.44. The van der Waals surface area contributed by atoms with Crippen molar-refractivity contribution in [3.05, 3.63) is 12.3 Å². The van der Waals surface area contributed by atoms with E-state index in [9.17, 15) is 14.4 Å².